The van der Waals surface area contributed by atoms with Gasteiger partial charge in [0.1, 0.15) is 22.7 Å². The molecule has 7 nitrogen and oxygen atoms in total. The molecule has 1 aliphatic rings. The molecular weight excluding hydrogens is 483 g/mol. The first-order valence-corrected chi connectivity index (χ1v) is 10.3. The lowest BCUT2D eigenvalue weighted by atomic mass is 10.0. The van der Waals surface area contributed by atoms with Crippen LogP contribution in [0.3, 0.4) is 0 Å². The molecule has 3 rings (SSSR count). The quantitative estimate of drug-likeness (QED) is 0.487. The summed E-state index contributed by atoms with van der Waals surface area (Å²) in [5, 5.41) is 3.93. The van der Waals surface area contributed by atoms with E-state index in [0.717, 1.165) is 18.3 Å². The van der Waals surface area contributed by atoms with Crippen LogP contribution in [0.25, 0.3) is 0 Å². The van der Waals surface area contributed by atoms with Crippen LogP contribution in [0.5, 0.6) is 5.19 Å². The Balaban J connectivity index is 1.92. The number of ether oxygens (including phenoxy) is 1. The lowest BCUT2D eigenvalue weighted by Gasteiger charge is -2.34. The molecule has 0 aliphatic carbocycles. The fourth-order valence-electron chi connectivity index (χ4n) is 2.95. The van der Waals surface area contributed by atoms with Crippen LogP contribution in [0.15, 0.2) is 18.3 Å². The van der Waals surface area contributed by atoms with Crippen LogP contribution in [-0.4, -0.2) is 53.7 Å². The maximum absolute atomic E-state index is 14.7. The molecule has 0 radical (unpaired) electrons. The van der Waals surface area contributed by atoms with Gasteiger partial charge in [0, 0.05) is 24.8 Å². The Labute approximate surface area is 187 Å². The fourth-order valence-corrected chi connectivity index (χ4v) is 3.95. The number of nitrogens with one attached hydrogen (secondary N) is 2. The lowest BCUT2D eigenvalue weighted by molar-refractivity contribution is -0.153. The molecule has 1 unspecified atom stereocenters. The summed E-state index contributed by atoms with van der Waals surface area (Å²) in [6.45, 7) is 0.275. The van der Waals surface area contributed by atoms with Gasteiger partial charge in [-0.25, -0.2) is 18.6 Å². The van der Waals surface area contributed by atoms with Gasteiger partial charge < -0.3 is 20.3 Å². The summed E-state index contributed by atoms with van der Waals surface area (Å²) in [6, 6.07) is -0.928. The highest BCUT2D eigenvalue weighted by Crippen LogP contribution is 2.35. The Morgan fingerprint density at radius 3 is 2.84 bits per heavy atom. The minimum atomic E-state index is -4.60. The van der Waals surface area contributed by atoms with Crippen molar-refractivity contribution in [2.75, 3.05) is 19.7 Å². The van der Waals surface area contributed by atoms with E-state index in [0.29, 0.717) is 11.3 Å². The number of rotatable bonds is 5. The van der Waals surface area contributed by atoms with Gasteiger partial charge in [0.05, 0.1) is 10.9 Å². The van der Waals surface area contributed by atoms with Crippen molar-refractivity contribution in [2.24, 2.45) is 0 Å². The Bertz CT molecular complexity index is 1020. The van der Waals surface area contributed by atoms with Crippen LogP contribution in [0.4, 0.5) is 26.7 Å². The average molecular weight is 499 g/mol. The lowest BCUT2D eigenvalue weighted by Crippen LogP contribution is -2.58. The predicted octanol–water partition coefficient (Wildman–Crippen LogP) is 3.64. The second kappa shape index (κ2) is 9.45. The van der Waals surface area contributed by atoms with Gasteiger partial charge in [-0.1, -0.05) is 29.0 Å². The summed E-state index contributed by atoms with van der Waals surface area (Å²) >= 11 is 6.29. The molecule has 174 valence electrons. The normalized spacial score (nSPS) is 17.7. The average Bonchev–Trinajstić information content (AvgIpc) is 3.19. The molecule has 1 aromatic carbocycles. The first-order valence-electron chi connectivity index (χ1n) is 9.11. The van der Waals surface area contributed by atoms with Gasteiger partial charge >= 0.3 is 12.2 Å². The molecule has 0 bridgehead atoms. The van der Waals surface area contributed by atoms with Gasteiger partial charge in [-0.15, -0.1) is 0 Å². The van der Waals surface area contributed by atoms with Crippen LogP contribution < -0.4 is 15.4 Å². The number of hydrogen-bond donors (Lipinski definition) is 2. The number of alkyl halides is 3. The molecule has 1 aromatic heterocycles. The second-order valence-electron chi connectivity index (χ2n) is 6.74. The van der Waals surface area contributed by atoms with Crippen LogP contribution in [0.2, 0.25) is 5.02 Å². The molecule has 2 heterocycles. The van der Waals surface area contributed by atoms with Crippen molar-refractivity contribution in [2.45, 2.75) is 25.2 Å². The molecule has 14 heteroatoms. The molecule has 2 aromatic rings. The van der Waals surface area contributed by atoms with Gasteiger partial charge in [-0.3, -0.25) is 4.79 Å². The molecule has 1 aliphatic heterocycles. The topological polar surface area (TPSA) is 83.6 Å². The van der Waals surface area contributed by atoms with Crippen molar-refractivity contribution in [3.8, 4) is 5.19 Å². The van der Waals surface area contributed by atoms with E-state index in [1.54, 1.807) is 0 Å². The van der Waals surface area contributed by atoms with E-state index in [2.05, 4.69) is 20.4 Å². The Hall–Kier alpha value is -2.67. The number of piperazine rings is 1. The van der Waals surface area contributed by atoms with E-state index in [4.69, 9.17) is 11.6 Å². The molecular formula is C18H16ClF5N4O3S. The molecule has 0 saturated carbocycles. The highest BCUT2D eigenvalue weighted by Gasteiger charge is 2.33. The van der Waals surface area contributed by atoms with E-state index >= 15 is 0 Å². The third kappa shape index (κ3) is 5.38. The van der Waals surface area contributed by atoms with E-state index in [1.165, 1.54) is 11.8 Å². The zero-order valence-electron chi connectivity index (χ0n) is 16.3. The molecule has 3 amide bonds. The summed E-state index contributed by atoms with van der Waals surface area (Å²) < 4.78 is 70.2. The van der Waals surface area contributed by atoms with Gasteiger partial charge in [-0.2, -0.15) is 13.2 Å². The summed E-state index contributed by atoms with van der Waals surface area (Å²) in [6.07, 6.45) is -3.49. The molecule has 0 spiro atoms. The van der Waals surface area contributed by atoms with E-state index in [1.807, 2.05) is 0 Å². The number of carbonyl (C=O) groups is 2. The van der Waals surface area contributed by atoms with Crippen molar-refractivity contribution in [1.82, 2.24) is 20.5 Å². The van der Waals surface area contributed by atoms with E-state index < -0.39 is 47.6 Å². The first-order chi connectivity index (χ1) is 15.0. The fraction of sp³-hybridized carbons (Fsp3) is 0.389. The zero-order chi connectivity index (χ0) is 23.6. The monoisotopic (exact) mass is 498 g/mol. The number of carbonyl (C=O) groups excluding carboxylic acids is 2. The maximum atomic E-state index is 14.7. The minimum absolute atomic E-state index is 0.103. The van der Waals surface area contributed by atoms with Crippen molar-refractivity contribution in [1.29, 1.82) is 0 Å². The summed E-state index contributed by atoms with van der Waals surface area (Å²) in [5.41, 5.74) is -0.245. The molecule has 1 saturated heterocycles. The Morgan fingerprint density at radius 2 is 2.16 bits per heavy atom. The summed E-state index contributed by atoms with van der Waals surface area (Å²) in [4.78, 5) is 29.7. The maximum Gasteiger partial charge on any atom is 0.422 e. The number of benzene rings is 1. The van der Waals surface area contributed by atoms with Crippen molar-refractivity contribution >= 4 is 34.9 Å². The van der Waals surface area contributed by atoms with E-state index in [9.17, 15) is 31.5 Å². The Morgan fingerprint density at radius 1 is 1.44 bits per heavy atom. The van der Waals surface area contributed by atoms with Gasteiger partial charge in [0.2, 0.25) is 5.91 Å². The van der Waals surface area contributed by atoms with Crippen molar-refractivity contribution < 1.29 is 36.3 Å². The smallest absolute Gasteiger partial charge is 0.422 e. The zero-order valence-corrected chi connectivity index (χ0v) is 17.9. The SMILES string of the molecule is C[C@@H]1C(=O)NCCN1C(=O)NC(c1cnc(OCC(F)(F)F)s1)c1ccc(F)c(Cl)c1F. The van der Waals surface area contributed by atoms with Gasteiger partial charge in [0.15, 0.2) is 6.61 Å². The van der Waals surface area contributed by atoms with E-state index in [-0.39, 0.29) is 34.6 Å². The van der Waals surface area contributed by atoms with Crippen molar-refractivity contribution in [3.63, 3.8) is 0 Å². The highest BCUT2D eigenvalue weighted by molar-refractivity contribution is 7.13. The number of thiazole rings is 1. The number of amides is 3. The van der Waals surface area contributed by atoms with Crippen LogP contribution in [0.1, 0.15) is 23.4 Å². The second-order valence-corrected chi connectivity index (χ2v) is 8.14. The third-order valence-electron chi connectivity index (χ3n) is 4.55. The van der Waals surface area contributed by atoms with Crippen LogP contribution in [-0.2, 0) is 4.79 Å². The predicted molar refractivity (Wildman–Crippen MR) is 105 cm³/mol. The Kier molecular flexibility index (Phi) is 7.08. The van der Waals surface area contributed by atoms with Gasteiger partial charge in [-0.05, 0) is 13.0 Å². The number of nitrogens with zero attached hydrogens (tertiary/aromatic N) is 2. The highest BCUT2D eigenvalue weighted by atomic mass is 35.5. The largest absolute Gasteiger partial charge is 0.460 e. The summed E-state index contributed by atoms with van der Waals surface area (Å²) in [7, 11) is 0. The molecule has 2 N–H and O–H groups in total. The van der Waals surface area contributed by atoms with Crippen LogP contribution in [0, 0.1) is 11.6 Å². The third-order valence-corrected chi connectivity index (χ3v) is 5.87. The molecule has 32 heavy (non-hydrogen) atoms. The molecule has 1 fully saturated rings. The number of hydrogen-bond acceptors (Lipinski definition) is 5. The van der Waals surface area contributed by atoms with Crippen LogP contribution >= 0.6 is 22.9 Å². The first kappa shape index (κ1) is 24.0. The number of halogens is 6. The standard InChI is InChI=1S/C18H16ClF5N4O3S/c1-8-15(29)25-4-5-28(8)16(30)27-14(9-2-3-10(20)12(19)13(9)21)11-6-26-17(32-11)31-7-18(22,23)24/h2-3,6,8,14H,4-5,7H2,1H3,(H,25,29)(H,27,30)/t8-,14?/m1/s1. The number of urea groups is 1. The number of aromatic nitrogens is 1. The van der Waals surface area contributed by atoms with Gasteiger partial charge in [0.25, 0.3) is 5.19 Å². The summed E-state index contributed by atoms with van der Waals surface area (Å²) in [5.74, 6) is -2.58. The minimum Gasteiger partial charge on any atom is -0.460 e. The molecule has 2 atom stereocenters. The van der Waals surface area contributed by atoms with Crippen molar-refractivity contribution in [3.05, 3.63) is 45.4 Å².